The normalized spacial score (nSPS) is 8.91. The van der Waals surface area contributed by atoms with Crippen LogP contribution in [0.3, 0.4) is 0 Å². The molecule has 0 aliphatic heterocycles. The fourth-order valence-corrected chi connectivity index (χ4v) is 7.72. The van der Waals surface area contributed by atoms with Crippen molar-refractivity contribution in [1.82, 2.24) is 49.8 Å². The number of rotatable bonds is 4. The summed E-state index contributed by atoms with van der Waals surface area (Å²) >= 11 is 0. The zero-order chi connectivity index (χ0) is 51.6. The van der Waals surface area contributed by atoms with Crippen LogP contribution in [0.4, 0.5) is 0 Å². The van der Waals surface area contributed by atoms with E-state index < -0.39 is 46.7 Å². The molecule has 454 valence electrons. The van der Waals surface area contributed by atoms with Gasteiger partial charge in [0.2, 0.25) is 0 Å². The van der Waals surface area contributed by atoms with Gasteiger partial charge in [-0.15, -0.1) is 0 Å². The summed E-state index contributed by atoms with van der Waals surface area (Å²) in [7, 11) is 0. The van der Waals surface area contributed by atoms with Gasteiger partial charge in [0.15, 0.2) is 0 Å². The van der Waals surface area contributed by atoms with Crippen molar-refractivity contribution in [3.63, 3.8) is 0 Å². The molecule has 24 N–H and O–H groups in total. The Balaban J connectivity index is -0.000000230. The molecule has 32 heteroatoms. The molecule has 4 aromatic carbocycles. The largest absolute Gasteiger partial charge is 2.00 e. The number of carboxylic acid groups (broad SMARTS) is 4. The molecule has 9 aromatic heterocycles. The van der Waals surface area contributed by atoms with Gasteiger partial charge in [-0.3, -0.25) is 39.9 Å². The first-order valence-electron chi connectivity index (χ1n) is 22.2. The zero-order valence-electron chi connectivity index (χ0n) is 45.6. The van der Waals surface area contributed by atoms with Gasteiger partial charge in [-0.2, -0.15) is 0 Å². The Kier molecular flexibility index (Phi) is 41.5. The topological polar surface area (TPSA) is 667 Å². The van der Waals surface area contributed by atoms with Crippen LogP contribution in [-0.2, 0) is 39.0 Å². The maximum absolute atomic E-state index is 10.5. The minimum Gasteiger partial charge on any atom is -0.543 e. The summed E-state index contributed by atoms with van der Waals surface area (Å²) in [5.74, 6) is -8.69. The average Bonchev–Trinajstić information content (AvgIpc) is 3.51. The molecule has 0 unspecified atom stereocenters. The molecule has 0 aliphatic rings. The number of hydrogen-bond acceptors (Lipinski definition) is 18. The molecule has 0 atom stereocenters. The minimum atomic E-state index is -2.17. The Bertz CT molecular complexity index is 3560. The van der Waals surface area contributed by atoms with Gasteiger partial charge in [0.1, 0.15) is 22.8 Å². The molecule has 0 bridgehead atoms. The van der Waals surface area contributed by atoms with Gasteiger partial charge < -0.3 is 105 Å². The van der Waals surface area contributed by atoms with Crippen molar-refractivity contribution in [2.45, 2.75) is 0 Å². The van der Waals surface area contributed by atoms with Crippen LogP contribution < -0.4 is 20.4 Å². The molecule has 88 heavy (non-hydrogen) atoms. The summed E-state index contributed by atoms with van der Waals surface area (Å²) in [5, 5.41) is 51.1. The molecular formula is C56H56N10O20Zn2. The molecule has 0 saturated heterocycles. The second kappa shape index (κ2) is 41.0. The van der Waals surface area contributed by atoms with E-state index in [2.05, 4.69) is 147 Å². The first-order valence-corrected chi connectivity index (χ1v) is 22.2. The van der Waals surface area contributed by atoms with E-state index in [1.165, 1.54) is 0 Å². The fraction of sp³-hybridized carbons (Fsp3) is 0. The standard InChI is InChI=1S/4C12H8N2.C8H4N2O8.12H2O.2Zn/c4*1-3-9-5-6-10-4-2-8-14-12(10)11(9)13-7-1;11-5(12)1-2(6(13)14)10-4(8(17)18)3(9-1)7(15)16;;;;;;;;;;;;;;/h4*1-8H;(H,11,12)(H,13,14)(H,15,16)(H,17,18);12*1H2;;/q;;;;;;;;;;;;;;;;;2*+2/p-4. The van der Waals surface area contributed by atoms with Crippen LogP contribution in [0.1, 0.15) is 42.0 Å². The van der Waals surface area contributed by atoms with Gasteiger partial charge in [-0.25, -0.2) is 9.97 Å². The zero-order valence-corrected chi connectivity index (χ0v) is 51.6. The third-order valence-electron chi connectivity index (χ3n) is 11.0. The van der Waals surface area contributed by atoms with Crippen LogP contribution in [-0.4, -0.2) is 139 Å². The van der Waals surface area contributed by atoms with E-state index >= 15 is 0 Å². The van der Waals surface area contributed by atoms with Gasteiger partial charge >= 0.3 is 39.0 Å². The molecule has 0 spiro atoms. The Morgan fingerprint density at radius 2 is 0.330 bits per heavy atom. The van der Waals surface area contributed by atoms with Crippen molar-refractivity contribution in [1.29, 1.82) is 0 Å². The molecule has 13 aromatic rings. The smallest absolute Gasteiger partial charge is 0.543 e. The molecular weight excluding hydrogens is 1260 g/mol. The first-order chi connectivity index (χ1) is 36.0. The Labute approximate surface area is 520 Å². The number of aromatic nitrogens is 10. The Hall–Kier alpha value is -10.1. The summed E-state index contributed by atoms with van der Waals surface area (Å²) in [5.41, 5.74) is 2.26. The summed E-state index contributed by atoms with van der Waals surface area (Å²) < 4.78 is 0. The number of nitrogens with zero attached hydrogens (tertiary/aromatic N) is 10. The summed E-state index contributed by atoms with van der Waals surface area (Å²) in [6.07, 6.45) is 14.4. The van der Waals surface area contributed by atoms with Crippen LogP contribution in [0.5, 0.6) is 0 Å². The second-order valence-electron chi connectivity index (χ2n) is 15.6. The number of benzene rings is 4. The van der Waals surface area contributed by atoms with Crippen molar-refractivity contribution in [3.8, 4) is 0 Å². The van der Waals surface area contributed by atoms with Crippen LogP contribution in [0.25, 0.3) is 87.2 Å². The van der Waals surface area contributed by atoms with E-state index in [0.29, 0.717) is 0 Å². The maximum atomic E-state index is 10.5. The van der Waals surface area contributed by atoms with E-state index in [1.807, 2.05) is 48.5 Å². The number of carbonyl (C=O) groups excluding carboxylic acids is 4. The molecule has 0 fully saturated rings. The van der Waals surface area contributed by atoms with E-state index in [1.54, 1.807) is 49.6 Å². The van der Waals surface area contributed by atoms with Crippen LogP contribution in [0.15, 0.2) is 195 Å². The number of carbonyl (C=O) groups is 4. The van der Waals surface area contributed by atoms with Crippen molar-refractivity contribution in [3.05, 3.63) is 218 Å². The molecule has 0 saturated carbocycles. The third kappa shape index (κ3) is 20.0. The maximum Gasteiger partial charge on any atom is 2.00 e. The summed E-state index contributed by atoms with van der Waals surface area (Å²) in [6.45, 7) is 0. The van der Waals surface area contributed by atoms with E-state index in [9.17, 15) is 39.6 Å². The predicted molar refractivity (Wildman–Crippen MR) is 311 cm³/mol. The van der Waals surface area contributed by atoms with Gasteiger partial charge in [0, 0.05) is 92.7 Å². The predicted octanol–water partition coefficient (Wildman–Crippen LogP) is -4.84. The average molecular weight is 1320 g/mol. The third-order valence-corrected chi connectivity index (χ3v) is 11.0. The first kappa shape index (κ1) is 89.1. The number of hydrogen-bond donors (Lipinski definition) is 0. The minimum absolute atomic E-state index is 0. The van der Waals surface area contributed by atoms with E-state index in [-0.39, 0.29) is 105 Å². The Morgan fingerprint density at radius 1 is 0.216 bits per heavy atom. The van der Waals surface area contributed by atoms with Crippen LogP contribution >= 0.6 is 0 Å². The number of carboxylic acids is 4. The quantitative estimate of drug-likeness (QED) is 0.118. The monoisotopic (exact) mass is 1320 g/mol. The fourth-order valence-electron chi connectivity index (χ4n) is 7.72. The molecule has 0 radical (unpaired) electrons. The molecule has 0 aliphatic carbocycles. The number of aromatic carboxylic acids is 4. The van der Waals surface area contributed by atoms with Gasteiger partial charge in [-0.05, 0) is 48.5 Å². The molecule has 13 rings (SSSR count). The van der Waals surface area contributed by atoms with E-state index in [0.717, 1.165) is 87.2 Å². The summed E-state index contributed by atoms with van der Waals surface area (Å²) in [4.78, 5) is 82.4. The molecule has 30 nitrogen and oxygen atoms in total. The van der Waals surface area contributed by atoms with E-state index in [4.69, 9.17) is 0 Å². The van der Waals surface area contributed by atoms with Gasteiger partial charge in [0.05, 0.1) is 68.0 Å². The summed E-state index contributed by atoms with van der Waals surface area (Å²) in [6, 6.07) is 48.6. The van der Waals surface area contributed by atoms with Crippen molar-refractivity contribution in [2.24, 2.45) is 0 Å². The SMILES string of the molecule is O.O.O.O.O.O.O.O.O.O.O.O.O=C([O-])c1nc(C(=O)[O-])c(C(=O)[O-])nc1C(=O)[O-].[Zn+2].[Zn+2].c1cnc2c(c1)ccc1cccnc12.c1cnc2c(c1)ccc1cccnc12.c1cnc2c(c1)ccc1cccnc12.c1cnc2c(c1)ccc1cccnc12. The van der Waals surface area contributed by atoms with Gasteiger partial charge in [0.25, 0.3) is 0 Å². The van der Waals surface area contributed by atoms with Crippen molar-refractivity contribution < 1.29 is 144 Å². The molecule has 0 amide bonds. The molecule has 9 heterocycles. The van der Waals surface area contributed by atoms with Crippen LogP contribution in [0, 0.1) is 0 Å². The van der Waals surface area contributed by atoms with Crippen LogP contribution in [0.2, 0.25) is 0 Å². The van der Waals surface area contributed by atoms with Crippen molar-refractivity contribution >= 4 is 111 Å². The second-order valence-corrected chi connectivity index (χ2v) is 15.6. The Morgan fingerprint density at radius 3 is 0.432 bits per heavy atom. The number of pyridine rings is 8. The van der Waals surface area contributed by atoms with Gasteiger partial charge in [-0.1, -0.05) is 97.1 Å². The number of fused-ring (bicyclic) bond motifs is 12. The van der Waals surface area contributed by atoms with Crippen molar-refractivity contribution in [2.75, 3.05) is 0 Å².